The van der Waals surface area contributed by atoms with Gasteiger partial charge >= 0.3 is 5.97 Å². The van der Waals surface area contributed by atoms with Crippen LogP contribution in [0.4, 0.5) is 0 Å². The van der Waals surface area contributed by atoms with E-state index in [2.05, 4.69) is 0 Å². The Bertz CT molecular complexity index is 1330. The highest BCUT2D eigenvalue weighted by Gasteiger charge is 2.52. The van der Waals surface area contributed by atoms with E-state index >= 15 is 0 Å². The lowest BCUT2D eigenvalue weighted by Crippen LogP contribution is -2.61. The quantitative estimate of drug-likeness (QED) is 0.0677. The van der Waals surface area contributed by atoms with Gasteiger partial charge in [0, 0.05) is 64.7 Å². The molecular weight excluding hydrogens is 728 g/mol. The number of rotatable bonds is 20. The predicted octanol–water partition coefficient (Wildman–Crippen LogP) is 2.22. The van der Waals surface area contributed by atoms with Gasteiger partial charge in [-0.25, -0.2) is 4.79 Å². The minimum absolute atomic E-state index is 0.0616. The van der Waals surface area contributed by atoms with Crippen molar-refractivity contribution >= 4 is 23.4 Å². The Morgan fingerprint density at radius 3 is 2.30 bits per heavy atom. The Morgan fingerprint density at radius 2 is 1.68 bits per heavy atom. The third kappa shape index (κ3) is 12.3. The zero-order valence-electron chi connectivity index (χ0n) is 34.8. The summed E-state index contributed by atoms with van der Waals surface area (Å²) < 4.78 is 28.6. The summed E-state index contributed by atoms with van der Waals surface area (Å²) in [7, 11) is 4.60. The highest BCUT2D eigenvalue weighted by atomic mass is 16.6. The largest absolute Gasteiger partial charge is 0.459 e. The number of hydrogen-bond donors (Lipinski definition) is 5. The third-order valence-corrected chi connectivity index (χ3v) is 12.2. The molecule has 1 saturated carbocycles. The topological polar surface area (TPSA) is 225 Å². The van der Waals surface area contributed by atoms with E-state index in [0.717, 1.165) is 0 Å². The lowest BCUT2D eigenvalue weighted by Gasteiger charge is -2.42. The van der Waals surface area contributed by atoms with Crippen LogP contribution in [-0.2, 0) is 42.9 Å². The van der Waals surface area contributed by atoms with Crippen molar-refractivity contribution in [2.75, 3.05) is 34.5 Å². The summed E-state index contributed by atoms with van der Waals surface area (Å²) in [5.74, 6) is -7.16. The Balaban J connectivity index is 1.86. The first-order valence-electron chi connectivity index (χ1n) is 20.4. The molecule has 2 heterocycles. The highest BCUT2D eigenvalue weighted by molar-refractivity contribution is 6.39. The first-order valence-corrected chi connectivity index (χ1v) is 20.4. The molecule has 15 heteroatoms. The monoisotopic (exact) mass is 798 g/mol. The molecule has 0 aromatic rings. The maximum absolute atomic E-state index is 14.2. The Hall–Kier alpha value is -2.34. The van der Waals surface area contributed by atoms with E-state index in [9.17, 15) is 39.6 Å². The number of Topliss-reactive ketones (excluding diaryl/α,β-unsaturated/α-hetero) is 2. The van der Waals surface area contributed by atoms with Gasteiger partial charge in [-0.15, -0.1) is 0 Å². The lowest BCUT2D eigenvalue weighted by molar-refractivity contribution is -0.264. The maximum Gasteiger partial charge on any atom is 0.329 e. The van der Waals surface area contributed by atoms with Gasteiger partial charge < -0.3 is 54.7 Å². The van der Waals surface area contributed by atoms with Crippen molar-refractivity contribution in [2.24, 2.45) is 29.4 Å². The second-order valence-electron chi connectivity index (χ2n) is 16.7. The molecule has 322 valence electrons. The number of methoxy groups -OCH3 is 3. The Labute approximate surface area is 332 Å². The van der Waals surface area contributed by atoms with Crippen LogP contribution in [0, 0.1) is 23.7 Å². The second-order valence-corrected chi connectivity index (χ2v) is 16.7. The average molecular weight is 799 g/mol. The van der Waals surface area contributed by atoms with Crippen LogP contribution in [0.15, 0.2) is 11.6 Å². The first kappa shape index (κ1) is 48.0. The maximum atomic E-state index is 14.2. The standard InChI is InChI=1S/C41H70N2O13/c1-23(2)35(45)37(47)36(46)25(4)19-24(3)32(53-7)22-33(29(42)20-27-13-15-31(44)34(21-27)54-8)55-40(50)30-11-9-10-17-43(30)39(49)38(48)41(51)26(5)12-14-28(56-41)16-18-52-6/h19,23-24,26-34,36-37,44,46-47,51H,9-18,20-22,42H2,1-8H3/b25-19+/t24-,26-,27+,28+,29-,30+,31-,32-,33+,34-,36-,37+,41-/m1/s1. The summed E-state index contributed by atoms with van der Waals surface area (Å²) in [5.41, 5.74) is 7.24. The van der Waals surface area contributed by atoms with Crippen LogP contribution in [0.25, 0.3) is 0 Å². The molecule has 0 radical (unpaired) electrons. The van der Waals surface area contributed by atoms with Crippen LogP contribution >= 0.6 is 0 Å². The van der Waals surface area contributed by atoms with Crippen LogP contribution in [0.1, 0.15) is 105 Å². The number of carbonyl (C=O) groups excluding carboxylic acids is 4. The van der Waals surface area contributed by atoms with Gasteiger partial charge in [0.1, 0.15) is 24.4 Å². The van der Waals surface area contributed by atoms with Crippen molar-refractivity contribution in [3.63, 3.8) is 0 Å². The number of likely N-dealkylation sites (tertiary alicyclic amines) is 1. The number of aliphatic hydroxyl groups is 4. The van der Waals surface area contributed by atoms with Crippen LogP contribution in [0.2, 0.25) is 0 Å². The molecule has 1 amide bonds. The zero-order chi connectivity index (χ0) is 41.9. The lowest BCUT2D eigenvalue weighted by atomic mass is 9.80. The molecule has 3 aliphatic rings. The molecule has 0 aromatic carbocycles. The minimum atomic E-state index is -2.35. The molecular formula is C41H70N2O13. The van der Waals surface area contributed by atoms with E-state index in [0.29, 0.717) is 70.0 Å². The normalized spacial score (nSPS) is 30.9. The van der Waals surface area contributed by atoms with Crippen molar-refractivity contribution in [3.05, 3.63) is 11.6 Å². The fraction of sp³-hybridized carbons (Fsp3) is 0.854. The molecule has 13 atom stereocenters. The number of hydrogen-bond acceptors (Lipinski definition) is 14. The predicted molar refractivity (Wildman–Crippen MR) is 206 cm³/mol. The number of nitrogens with two attached hydrogens (primary N) is 1. The molecule has 15 nitrogen and oxygen atoms in total. The fourth-order valence-electron chi connectivity index (χ4n) is 8.35. The summed E-state index contributed by atoms with van der Waals surface area (Å²) in [6.45, 7) is 8.87. The molecule has 3 rings (SSSR count). The minimum Gasteiger partial charge on any atom is -0.459 e. The first-order chi connectivity index (χ1) is 26.4. The number of ether oxygens (including phenoxy) is 5. The summed E-state index contributed by atoms with van der Waals surface area (Å²) in [5, 5.41) is 43.1. The Morgan fingerprint density at radius 1 is 0.982 bits per heavy atom. The molecule has 2 aliphatic heterocycles. The molecule has 3 fully saturated rings. The molecule has 0 bridgehead atoms. The van der Waals surface area contributed by atoms with E-state index < -0.39 is 95.7 Å². The molecule has 6 N–H and O–H groups in total. The Kier molecular flexibility index (Phi) is 19.0. The second kappa shape index (κ2) is 22.1. The van der Waals surface area contributed by atoms with E-state index in [4.69, 9.17) is 29.4 Å². The highest BCUT2D eigenvalue weighted by Crippen LogP contribution is 2.36. The SMILES string of the molecule is COCC[C@@H]1CC[C@@H](C)[C@](O)(C(=O)C(=O)N2CCCC[C@H]2C(=O)O[C@@H](C[C@@H](OC)[C@H](C)/C=C(\C)[C@@H](O)[C@@H](O)C(=O)C(C)C)[C@H](N)C[C@@H]2CC[C@@H](O)[C@H](OC)C2)O1. The van der Waals surface area contributed by atoms with Gasteiger partial charge in [0.2, 0.25) is 5.79 Å². The molecule has 0 aromatic heterocycles. The number of esters is 1. The van der Waals surface area contributed by atoms with Gasteiger partial charge in [0.25, 0.3) is 11.7 Å². The van der Waals surface area contributed by atoms with Crippen LogP contribution in [0.3, 0.4) is 0 Å². The van der Waals surface area contributed by atoms with Crippen molar-refractivity contribution < 1.29 is 63.3 Å². The van der Waals surface area contributed by atoms with Crippen molar-refractivity contribution in [1.29, 1.82) is 0 Å². The molecule has 0 unspecified atom stereocenters. The summed E-state index contributed by atoms with van der Waals surface area (Å²) in [6.07, 6.45) is 0.974. The van der Waals surface area contributed by atoms with Crippen LogP contribution in [0.5, 0.6) is 0 Å². The molecule has 56 heavy (non-hydrogen) atoms. The summed E-state index contributed by atoms with van der Waals surface area (Å²) >= 11 is 0. The fourth-order valence-corrected chi connectivity index (χ4v) is 8.35. The molecule has 0 spiro atoms. The van der Waals surface area contributed by atoms with Crippen LogP contribution < -0.4 is 5.73 Å². The van der Waals surface area contributed by atoms with Gasteiger partial charge in [0.05, 0.1) is 24.4 Å². The number of nitrogens with zero attached hydrogens (tertiary/aromatic N) is 1. The number of ketones is 2. The number of aliphatic hydroxyl groups excluding tert-OH is 3. The van der Waals surface area contributed by atoms with E-state index in [1.165, 1.54) is 12.0 Å². The molecule has 1 aliphatic carbocycles. The van der Waals surface area contributed by atoms with E-state index in [1.54, 1.807) is 48.0 Å². The van der Waals surface area contributed by atoms with Crippen LogP contribution in [-0.4, -0.2) is 144 Å². The van der Waals surface area contributed by atoms with Gasteiger partial charge in [-0.1, -0.05) is 33.8 Å². The zero-order valence-corrected chi connectivity index (χ0v) is 34.8. The number of piperidine rings is 1. The number of carbonyl (C=O) groups is 4. The van der Waals surface area contributed by atoms with Crippen molar-refractivity contribution in [3.8, 4) is 0 Å². The van der Waals surface area contributed by atoms with Crippen molar-refractivity contribution in [1.82, 2.24) is 4.90 Å². The van der Waals surface area contributed by atoms with Gasteiger partial charge in [-0.05, 0) is 82.6 Å². The third-order valence-electron chi connectivity index (χ3n) is 12.2. The van der Waals surface area contributed by atoms with E-state index in [-0.39, 0.29) is 31.4 Å². The van der Waals surface area contributed by atoms with Gasteiger partial charge in [-0.2, -0.15) is 0 Å². The summed E-state index contributed by atoms with van der Waals surface area (Å²) in [6, 6.07) is -1.81. The van der Waals surface area contributed by atoms with Gasteiger partial charge in [0.15, 0.2) is 5.78 Å². The average Bonchev–Trinajstić information content (AvgIpc) is 3.18. The molecule has 2 saturated heterocycles. The van der Waals surface area contributed by atoms with E-state index in [1.807, 2.05) is 6.92 Å². The summed E-state index contributed by atoms with van der Waals surface area (Å²) in [4.78, 5) is 55.4. The number of amides is 1. The smallest absolute Gasteiger partial charge is 0.329 e. The van der Waals surface area contributed by atoms with Crippen molar-refractivity contribution in [2.45, 2.75) is 166 Å². The van der Waals surface area contributed by atoms with Gasteiger partial charge in [-0.3, -0.25) is 14.4 Å².